The van der Waals surface area contributed by atoms with Gasteiger partial charge in [-0.3, -0.25) is 0 Å². The predicted octanol–water partition coefficient (Wildman–Crippen LogP) is 1.80. The highest BCUT2D eigenvalue weighted by atomic mass is 19.1. The van der Waals surface area contributed by atoms with Crippen LogP contribution in [0.5, 0.6) is 11.5 Å². The second-order valence-electron chi connectivity index (χ2n) is 3.19. The number of alkyl halides is 1. The van der Waals surface area contributed by atoms with Gasteiger partial charge in [-0.15, -0.1) is 0 Å². The first-order valence-electron chi connectivity index (χ1n) is 5.17. The first kappa shape index (κ1) is 13.8. The van der Waals surface area contributed by atoms with Gasteiger partial charge in [0.25, 0.3) is 0 Å². The molecule has 0 fully saturated rings. The molecule has 0 bridgehead atoms. The number of hydrogen-bond donors (Lipinski definition) is 0. The van der Waals surface area contributed by atoms with Crippen LogP contribution in [0.3, 0.4) is 0 Å². The molecule has 0 radical (unpaired) electrons. The van der Waals surface area contributed by atoms with Gasteiger partial charge in [-0.05, 0) is 19.1 Å². The minimum Gasteiger partial charge on any atom is -0.497 e. The number of esters is 1. The number of carbonyl (C=O) groups excluding carboxylic acids is 1. The number of nitriles is 1. The van der Waals surface area contributed by atoms with Crippen LogP contribution in [-0.2, 0) is 9.53 Å². The number of benzene rings is 1. The Kier molecular flexibility index (Phi) is 4.93. The van der Waals surface area contributed by atoms with Crippen LogP contribution in [0, 0.1) is 11.3 Å². The molecule has 0 aromatic heterocycles. The summed E-state index contributed by atoms with van der Waals surface area (Å²) in [7, 11) is 1.40. The second kappa shape index (κ2) is 6.45. The molecule has 1 unspecified atom stereocenters. The number of carbonyl (C=O) groups is 1. The normalized spacial score (nSPS) is 11.2. The standard InChI is InChI=1S/C12H12FNO4/c1-3-17-12(15)11(13)18-10-5-8(7-14)4-9(6-10)16-2/h4-6,11H,3H2,1-2H3. The van der Waals surface area contributed by atoms with Crippen molar-refractivity contribution >= 4 is 5.97 Å². The van der Waals surface area contributed by atoms with Crippen molar-refractivity contribution in [2.75, 3.05) is 13.7 Å². The summed E-state index contributed by atoms with van der Waals surface area (Å²) in [5, 5.41) is 8.76. The fraction of sp³-hybridized carbons (Fsp3) is 0.333. The summed E-state index contributed by atoms with van der Waals surface area (Å²) < 4.78 is 27.4. The van der Waals surface area contributed by atoms with E-state index in [1.165, 1.54) is 25.3 Å². The van der Waals surface area contributed by atoms with Gasteiger partial charge in [0.1, 0.15) is 11.5 Å². The first-order chi connectivity index (χ1) is 8.60. The molecule has 0 amide bonds. The Bertz CT molecular complexity index is 470. The Morgan fingerprint density at radius 2 is 2.11 bits per heavy atom. The number of ether oxygens (including phenoxy) is 3. The van der Waals surface area contributed by atoms with E-state index in [1.54, 1.807) is 6.92 Å². The highest BCUT2D eigenvalue weighted by Gasteiger charge is 2.20. The third-order valence-corrected chi connectivity index (χ3v) is 1.96. The maximum absolute atomic E-state index is 13.3. The molecule has 18 heavy (non-hydrogen) atoms. The van der Waals surface area contributed by atoms with E-state index in [0.29, 0.717) is 5.75 Å². The van der Waals surface area contributed by atoms with Gasteiger partial charge >= 0.3 is 12.3 Å². The molecule has 0 N–H and O–H groups in total. The molecule has 6 heteroatoms. The van der Waals surface area contributed by atoms with E-state index in [1.807, 2.05) is 6.07 Å². The highest BCUT2D eigenvalue weighted by molar-refractivity contribution is 5.73. The molecule has 0 aliphatic rings. The van der Waals surface area contributed by atoms with Crippen LogP contribution in [-0.4, -0.2) is 26.0 Å². The SMILES string of the molecule is CCOC(=O)C(F)Oc1cc(C#N)cc(OC)c1. The van der Waals surface area contributed by atoms with Gasteiger partial charge in [0, 0.05) is 6.07 Å². The molecule has 0 aliphatic carbocycles. The average molecular weight is 253 g/mol. The monoisotopic (exact) mass is 253 g/mol. The fourth-order valence-electron chi connectivity index (χ4n) is 1.20. The lowest BCUT2D eigenvalue weighted by atomic mass is 10.2. The Labute approximate surface area is 104 Å². The second-order valence-corrected chi connectivity index (χ2v) is 3.19. The smallest absolute Gasteiger partial charge is 0.381 e. The summed E-state index contributed by atoms with van der Waals surface area (Å²) in [4.78, 5) is 11.0. The molecule has 96 valence electrons. The quantitative estimate of drug-likeness (QED) is 0.748. The van der Waals surface area contributed by atoms with Crippen LogP contribution in [0.25, 0.3) is 0 Å². The summed E-state index contributed by atoms with van der Waals surface area (Å²) in [6.07, 6.45) is -2.23. The van der Waals surface area contributed by atoms with Crippen molar-refractivity contribution in [3.8, 4) is 17.6 Å². The largest absolute Gasteiger partial charge is 0.497 e. The minimum atomic E-state index is -2.23. The number of halogens is 1. The van der Waals surface area contributed by atoms with Gasteiger partial charge < -0.3 is 14.2 Å². The van der Waals surface area contributed by atoms with Crippen LogP contribution >= 0.6 is 0 Å². The molecule has 1 aromatic carbocycles. The molecule has 0 heterocycles. The first-order valence-corrected chi connectivity index (χ1v) is 5.17. The summed E-state index contributed by atoms with van der Waals surface area (Å²) in [6, 6.07) is 6.00. The maximum Gasteiger partial charge on any atom is 0.381 e. The molecule has 1 atom stereocenters. The maximum atomic E-state index is 13.3. The molecule has 0 saturated heterocycles. The van der Waals surface area contributed by atoms with Gasteiger partial charge in [0.2, 0.25) is 0 Å². The van der Waals surface area contributed by atoms with Gasteiger partial charge in [0.15, 0.2) is 0 Å². The topological polar surface area (TPSA) is 68.5 Å². The number of hydrogen-bond acceptors (Lipinski definition) is 5. The van der Waals surface area contributed by atoms with Crippen molar-refractivity contribution in [1.29, 1.82) is 5.26 Å². The molecule has 0 aliphatic heterocycles. The van der Waals surface area contributed by atoms with Crippen LogP contribution < -0.4 is 9.47 Å². The van der Waals surface area contributed by atoms with Crippen molar-refractivity contribution in [1.82, 2.24) is 0 Å². The van der Waals surface area contributed by atoms with Gasteiger partial charge in [-0.25, -0.2) is 4.79 Å². The van der Waals surface area contributed by atoms with E-state index in [4.69, 9.17) is 14.7 Å². The Morgan fingerprint density at radius 1 is 1.44 bits per heavy atom. The van der Waals surface area contributed by atoms with Gasteiger partial charge in [-0.1, -0.05) is 0 Å². The molecule has 1 aromatic rings. The number of rotatable bonds is 5. The van der Waals surface area contributed by atoms with Crippen molar-refractivity contribution in [3.05, 3.63) is 23.8 Å². The summed E-state index contributed by atoms with van der Waals surface area (Å²) in [5.41, 5.74) is 0.236. The molecule has 0 spiro atoms. The number of methoxy groups -OCH3 is 1. The highest BCUT2D eigenvalue weighted by Crippen LogP contribution is 2.23. The van der Waals surface area contributed by atoms with Crippen molar-refractivity contribution < 1.29 is 23.4 Å². The zero-order valence-electron chi connectivity index (χ0n) is 9.97. The lowest BCUT2D eigenvalue weighted by molar-refractivity contribution is -0.159. The van der Waals surface area contributed by atoms with Crippen LogP contribution in [0.15, 0.2) is 18.2 Å². The minimum absolute atomic E-state index is 0.0199. The van der Waals surface area contributed by atoms with Crippen LogP contribution in [0.4, 0.5) is 4.39 Å². The third-order valence-electron chi connectivity index (χ3n) is 1.96. The van der Waals surface area contributed by atoms with Crippen molar-refractivity contribution in [3.63, 3.8) is 0 Å². The van der Waals surface area contributed by atoms with Gasteiger partial charge in [0.05, 0.1) is 25.3 Å². The van der Waals surface area contributed by atoms with E-state index < -0.39 is 12.3 Å². The van der Waals surface area contributed by atoms with Crippen LogP contribution in [0.2, 0.25) is 0 Å². The predicted molar refractivity (Wildman–Crippen MR) is 59.9 cm³/mol. The number of nitrogens with zero attached hydrogens (tertiary/aromatic N) is 1. The van der Waals surface area contributed by atoms with Crippen LogP contribution in [0.1, 0.15) is 12.5 Å². The van der Waals surface area contributed by atoms with Gasteiger partial charge in [-0.2, -0.15) is 9.65 Å². The Morgan fingerprint density at radius 3 is 2.67 bits per heavy atom. The summed E-state index contributed by atoms with van der Waals surface area (Å²) in [5.74, 6) is -0.759. The van der Waals surface area contributed by atoms with E-state index >= 15 is 0 Å². The van der Waals surface area contributed by atoms with E-state index in [0.717, 1.165) is 0 Å². The Hall–Kier alpha value is -2.29. The molecular formula is C12H12FNO4. The zero-order chi connectivity index (χ0) is 13.5. The fourth-order valence-corrected chi connectivity index (χ4v) is 1.20. The average Bonchev–Trinajstić information content (AvgIpc) is 2.38. The molecular weight excluding hydrogens is 241 g/mol. The van der Waals surface area contributed by atoms with E-state index in [-0.39, 0.29) is 17.9 Å². The van der Waals surface area contributed by atoms with E-state index in [9.17, 15) is 9.18 Å². The lowest BCUT2D eigenvalue weighted by Gasteiger charge is -2.11. The lowest BCUT2D eigenvalue weighted by Crippen LogP contribution is -2.24. The molecule has 5 nitrogen and oxygen atoms in total. The third kappa shape index (κ3) is 3.63. The van der Waals surface area contributed by atoms with Crippen molar-refractivity contribution in [2.45, 2.75) is 13.3 Å². The van der Waals surface area contributed by atoms with E-state index in [2.05, 4.69) is 4.74 Å². The Balaban J connectivity index is 2.84. The molecule has 0 saturated carbocycles. The summed E-state index contributed by atoms with van der Waals surface area (Å²) in [6.45, 7) is 1.62. The zero-order valence-corrected chi connectivity index (χ0v) is 9.97. The summed E-state index contributed by atoms with van der Waals surface area (Å²) >= 11 is 0. The van der Waals surface area contributed by atoms with Crippen molar-refractivity contribution in [2.24, 2.45) is 0 Å². The molecule has 1 rings (SSSR count).